The summed E-state index contributed by atoms with van der Waals surface area (Å²) in [6.07, 6.45) is 0.489. The average Bonchev–Trinajstić information content (AvgIpc) is 2.27. The maximum Gasteiger partial charge on any atom is 0.335 e. The molecule has 0 amide bonds. The van der Waals surface area contributed by atoms with E-state index in [9.17, 15) is 4.79 Å². The Morgan fingerprint density at radius 3 is 2.60 bits per heavy atom. The molecule has 0 unspecified atom stereocenters. The first-order valence-corrected chi connectivity index (χ1v) is 4.77. The fourth-order valence-electron chi connectivity index (χ4n) is 1.81. The lowest BCUT2D eigenvalue weighted by atomic mass is 9.97. The van der Waals surface area contributed by atoms with Crippen LogP contribution in [-0.2, 0) is 6.42 Å². The summed E-state index contributed by atoms with van der Waals surface area (Å²) < 4.78 is 0. The van der Waals surface area contributed by atoms with Crippen LogP contribution in [0.3, 0.4) is 0 Å². The topological polar surface area (TPSA) is 37.3 Å². The molecule has 0 aliphatic carbocycles. The monoisotopic (exact) mass is 199 g/mol. The molecule has 15 heavy (non-hydrogen) atoms. The summed E-state index contributed by atoms with van der Waals surface area (Å²) >= 11 is 0. The first-order valence-electron chi connectivity index (χ1n) is 4.77. The molecule has 75 valence electrons. The van der Waals surface area contributed by atoms with Crippen LogP contribution in [0.4, 0.5) is 0 Å². The van der Waals surface area contributed by atoms with Crippen molar-refractivity contribution in [3.05, 3.63) is 54.4 Å². The molecule has 2 heteroatoms. The van der Waals surface area contributed by atoms with E-state index in [0.29, 0.717) is 12.0 Å². The largest absolute Gasteiger partial charge is 0.478 e. The quantitative estimate of drug-likeness (QED) is 0.807. The highest BCUT2D eigenvalue weighted by molar-refractivity contribution is 5.97. The highest BCUT2D eigenvalue weighted by Crippen LogP contribution is 2.22. The van der Waals surface area contributed by atoms with Gasteiger partial charge in [-0.1, -0.05) is 30.3 Å². The minimum atomic E-state index is -0.889. The van der Waals surface area contributed by atoms with E-state index in [-0.39, 0.29) is 0 Å². The van der Waals surface area contributed by atoms with Crippen molar-refractivity contribution >= 4 is 16.7 Å². The smallest absolute Gasteiger partial charge is 0.335 e. The number of fused-ring (bicyclic) bond motifs is 1. The zero-order valence-electron chi connectivity index (χ0n) is 8.23. The van der Waals surface area contributed by atoms with E-state index in [1.54, 1.807) is 6.07 Å². The van der Waals surface area contributed by atoms with Gasteiger partial charge in [-0.2, -0.15) is 0 Å². The fourth-order valence-corrected chi connectivity index (χ4v) is 1.81. The van der Waals surface area contributed by atoms with Gasteiger partial charge < -0.3 is 5.11 Å². The van der Waals surface area contributed by atoms with Gasteiger partial charge in [0.2, 0.25) is 0 Å². The van der Waals surface area contributed by atoms with Crippen LogP contribution in [0.2, 0.25) is 0 Å². The van der Waals surface area contributed by atoms with E-state index < -0.39 is 5.97 Å². The van der Waals surface area contributed by atoms with E-state index in [0.717, 1.165) is 16.3 Å². The Hall–Kier alpha value is -1.83. The molecule has 2 aromatic rings. The van der Waals surface area contributed by atoms with Gasteiger partial charge in [-0.15, -0.1) is 0 Å². The number of benzene rings is 2. The summed E-state index contributed by atoms with van der Waals surface area (Å²) in [5.74, 6) is -0.889. The van der Waals surface area contributed by atoms with Gasteiger partial charge in [-0.25, -0.2) is 4.79 Å². The summed E-state index contributed by atoms with van der Waals surface area (Å²) in [6, 6.07) is 11.2. The number of carbonyl (C=O) groups is 1. The van der Waals surface area contributed by atoms with Crippen LogP contribution in [0.5, 0.6) is 0 Å². The molecule has 0 atom stereocenters. The van der Waals surface area contributed by atoms with Crippen LogP contribution >= 0.6 is 0 Å². The third-order valence-electron chi connectivity index (χ3n) is 2.52. The molecule has 0 aliphatic heterocycles. The Kier molecular flexibility index (Phi) is 2.42. The third-order valence-corrected chi connectivity index (χ3v) is 2.52. The van der Waals surface area contributed by atoms with Crippen LogP contribution in [0.25, 0.3) is 10.8 Å². The zero-order valence-corrected chi connectivity index (χ0v) is 8.23. The van der Waals surface area contributed by atoms with Crippen LogP contribution < -0.4 is 0 Å². The van der Waals surface area contributed by atoms with E-state index in [1.165, 1.54) is 0 Å². The maximum atomic E-state index is 11.0. The lowest BCUT2D eigenvalue weighted by molar-refractivity contribution is 0.0696. The van der Waals surface area contributed by atoms with E-state index >= 15 is 0 Å². The summed E-state index contributed by atoms with van der Waals surface area (Å²) in [5.41, 5.74) is 1.16. The molecule has 0 aromatic heterocycles. The Morgan fingerprint density at radius 2 is 1.93 bits per heavy atom. The van der Waals surface area contributed by atoms with Gasteiger partial charge in [0.1, 0.15) is 0 Å². The van der Waals surface area contributed by atoms with Crippen LogP contribution in [-0.4, -0.2) is 11.1 Å². The number of carboxylic acids is 1. The number of rotatable bonds is 2. The molecule has 2 rings (SSSR count). The van der Waals surface area contributed by atoms with Gasteiger partial charge >= 0.3 is 5.97 Å². The van der Waals surface area contributed by atoms with E-state index in [1.807, 2.05) is 30.3 Å². The van der Waals surface area contributed by atoms with Crippen LogP contribution in [0, 0.1) is 6.92 Å². The van der Waals surface area contributed by atoms with Crippen molar-refractivity contribution in [1.29, 1.82) is 0 Å². The highest BCUT2D eigenvalue weighted by Gasteiger charge is 2.10. The molecule has 1 N–H and O–H groups in total. The fraction of sp³-hybridized carbons (Fsp3) is 0.0769. The normalized spacial score (nSPS) is 10.5. The molecular weight excluding hydrogens is 188 g/mol. The Morgan fingerprint density at radius 1 is 1.20 bits per heavy atom. The number of aromatic carboxylic acids is 1. The second-order valence-corrected chi connectivity index (χ2v) is 3.37. The molecule has 2 aromatic carbocycles. The summed E-state index contributed by atoms with van der Waals surface area (Å²) in [5, 5.41) is 11.1. The van der Waals surface area contributed by atoms with Gasteiger partial charge in [0.05, 0.1) is 5.56 Å². The number of carboxylic acid groups (broad SMARTS) is 1. The molecule has 0 heterocycles. The van der Waals surface area contributed by atoms with Gasteiger partial charge in [0, 0.05) is 0 Å². The first kappa shape index (κ1) is 9.71. The van der Waals surface area contributed by atoms with Crippen molar-refractivity contribution in [2.45, 2.75) is 6.42 Å². The van der Waals surface area contributed by atoms with Crippen molar-refractivity contribution in [3.63, 3.8) is 0 Å². The van der Waals surface area contributed by atoms with Crippen molar-refractivity contribution < 1.29 is 9.90 Å². The second kappa shape index (κ2) is 3.73. The summed E-state index contributed by atoms with van der Waals surface area (Å²) in [6.45, 7) is 3.79. The predicted molar refractivity (Wildman–Crippen MR) is 60.0 cm³/mol. The van der Waals surface area contributed by atoms with Crippen molar-refractivity contribution in [2.75, 3.05) is 0 Å². The molecule has 0 saturated carbocycles. The highest BCUT2D eigenvalue weighted by atomic mass is 16.4. The van der Waals surface area contributed by atoms with Gasteiger partial charge in [0.25, 0.3) is 0 Å². The Balaban J connectivity index is 2.81. The van der Waals surface area contributed by atoms with Gasteiger partial charge in [-0.05, 0) is 35.7 Å². The molecule has 0 bridgehead atoms. The number of hydrogen-bond donors (Lipinski definition) is 1. The lowest BCUT2D eigenvalue weighted by Gasteiger charge is -2.07. The van der Waals surface area contributed by atoms with Crippen molar-refractivity contribution in [1.82, 2.24) is 0 Å². The molecule has 1 radical (unpaired) electrons. The number of hydrogen-bond acceptors (Lipinski definition) is 1. The van der Waals surface area contributed by atoms with Gasteiger partial charge in [0.15, 0.2) is 0 Å². The maximum absolute atomic E-state index is 11.0. The van der Waals surface area contributed by atoms with Gasteiger partial charge in [-0.3, -0.25) is 0 Å². The van der Waals surface area contributed by atoms with Crippen LogP contribution in [0.1, 0.15) is 15.9 Å². The summed E-state index contributed by atoms with van der Waals surface area (Å²) in [7, 11) is 0. The van der Waals surface area contributed by atoms with E-state index in [4.69, 9.17) is 5.11 Å². The minimum Gasteiger partial charge on any atom is -0.478 e. The summed E-state index contributed by atoms with van der Waals surface area (Å²) in [4.78, 5) is 11.0. The predicted octanol–water partition coefficient (Wildman–Crippen LogP) is 2.91. The van der Waals surface area contributed by atoms with Crippen molar-refractivity contribution in [3.8, 4) is 0 Å². The molecule has 2 nitrogen and oxygen atoms in total. The Bertz CT molecular complexity index is 515. The Labute approximate surface area is 88.2 Å². The second-order valence-electron chi connectivity index (χ2n) is 3.37. The minimum absolute atomic E-state index is 0.351. The lowest BCUT2D eigenvalue weighted by Crippen LogP contribution is -2.02. The van der Waals surface area contributed by atoms with Crippen molar-refractivity contribution in [2.24, 2.45) is 0 Å². The molecule has 0 saturated heterocycles. The van der Waals surface area contributed by atoms with Crippen LogP contribution in [0.15, 0.2) is 36.4 Å². The first-order chi connectivity index (χ1) is 7.24. The molecular formula is C13H11O2. The zero-order chi connectivity index (χ0) is 10.8. The molecule has 0 aliphatic rings. The molecule has 0 fully saturated rings. The SMILES string of the molecule is [CH2]Cc1c(C(=O)O)ccc2ccccc12. The van der Waals surface area contributed by atoms with E-state index in [2.05, 4.69) is 6.92 Å². The average molecular weight is 199 g/mol. The standard InChI is InChI=1S/C13H11O2/c1-2-10-11-6-4-3-5-9(11)7-8-12(10)13(14)15/h3-8H,1-2H2,(H,14,15). The third kappa shape index (κ3) is 1.59. The molecule has 0 spiro atoms.